The quantitative estimate of drug-likeness (QED) is 0.839. The van der Waals surface area contributed by atoms with Gasteiger partial charge in [0.25, 0.3) is 0 Å². The van der Waals surface area contributed by atoms with Gasteiger partial charge in [-0.15, -0.1) is 12.4 Å². The van der Waals surface area contributed by atoms with Crippen LogP contribution in [0, 0.1) is 12.8 Å². The van der Waals surface area contributed by atoms with Crippen LogP contribution in [0.3, 0.4) is 0 Å². The molecule has 1 aromatic rings. The van der Waals surface area contributed by atoms with Crippen molar-refractivity contribution in [2.24, 2.45) is 5.92 Å². The summed E-state index contributed by atoms with van der Waals surface area (Å²) in [4.78, 5) is 27.4. The molecule has 3 rings (SSSR count). The Morgan fingerprint density at radius 1 is 1.27 bits per heavy atom. The number of hydrogen-bond donors (Lipinski definition) is 2. The van der Waals surface area contributed by atoms with Gasteiger partial charge in [-0.3, -0.25) is 9.59 Å². The maximum atomic E-state index is 12.8. The van der Waals surface area contributed by atoms with E-state index < -0.39 is 0 Å². The third-order valence-electron chi connectivity index (χ3n) is 5.10. The molecule has 2 N–H and O–H groups in total. The number of carbonyl (C=O) groups excluding carboxylic acids is 2. The highest BCUT2D eigenvalue weighted by molar-refractivity contribution is 5.98. The van der Waals surface area contributed by atoms with Gasteiger partial charge in [0.15, 0.2) is 0 Å². The third kappa shape index (κ3) is 4.48. The van der Waals surface area contributed by atoms with Crippen molar-refractivity contribution in [3.8, 4) is 5.75 Å². The van der Waals surface area contributed by atoms with E-state index in [9.17, 15) is 9.59 Å². The highest BCUT2D eigenvalue weighted by Crippen LogP contribution is 2.28. The van der Waals surface area contributed by atoms with E-state index in [0.29, 0.717) is 24.4 Å². The molecule has 2 aliphatic rings. The molecule has 2 fully saturated rings. The molecule has 0 radical (unpaired) electrons. The average Bonchev–Trinajstić information content (AvgIpc) is 3.12. The summed E-state index contributed by atoms with van der Waals surface area (Å²) in [6.07, 6.45) is 3.50. The van der Waals surface area contributed by atoms with Crippen LogP contribution < -0.4 is 15.4 Å². The van der Waals surface area contributed by atoms with Gasteiger partial charge in [0.05, 0.1) is 18.7 Å². The fourth-order valence-electron chi connectivity index (χ4n) is 3.74. The van der Waals surface area contributed by atoms with E-state index in [1.807, 2.05) is 25.1 Å². The largest absolute Gasteiger partial charge is 0.495 e. The minimum Gasteiger partial charge on any atom is -0.495 e. The molecule has 0 aliphatic carbocycles. The van der Waals surface area contributed by atoms with Gasteiger partial charge in [0.1, 0.15) is 11.8 Å². The van der Waals surface area contributed by atoms with Gasteiger partial charge in [-0.2, -0.15) is 0 Å². The van der Waals surface area contributed by atoms with Crippen molar-refractivity contribution in [1.82, 2.24) is 10.2 Å². The first-order valence-electron chi connectivity index (χ1n) is 9.07. The van der Waals surface area contributed by atoms with E-state index in [-0.39, 0.29) is 36.2 Å². The lowest BCUT2D eigenvalue weighted by atomic mass is 9.97. The number of aryl methyl sites for hydroxylation is 1. The normalized spacial score (nSPS) is 22.5. The smallest absolute Gasteiger partial charge is 0.247 e. The van der Waals surface area contributed by atoms with Crippen molar-refractivity contribution >= 4 is 29.9 Å². The number of methoxy groups -OCH3 is 1. The number of anilines is 1. The van der Waals surface area contributed by atoms with Gasteiger partial charge in [-0.1, -0.05) is 6.07 Å². The van der Waals surface area contributed by atoms with E-state index in [4.69, 9.17) is 4.74 Å². The number of nitrogens with zero attached hydrogens (tertiary/aromatic N) is 1. The Morgan fingerprint density at radius 2 is 2.08 bits per heavy atom. The molecule has 2 aliphatic heterocycles. The van der Waals surface area contributed by atoms with Gasteiger partial charge in [-0.25, -0.2) is 0 Å². The SMILES string of the molecule is COc1ccc(C)cc1NC(=O)C1CCCN1C(=O)C1CCCNC1.Cl. The topological polar surface area (TPSA) is 70.7 Å². The number of amides is 2. The maximum absolute atomic E-state index is 12.8. The van der Waals surface area contributed by atoms with Crippen LogP contribution in [-0.4, -0.2) is 49.5 Å². The van der Waals surface area contributed by atoms with Crippen LogP contribution in [0.5, 0.6) is 5.75 Å². The van der Waals surface area contributed by atoms with Gasteiger partial charge in [0.2, 0.25) is 11.8 Å². The molecule has 0 bridgehead atoms. The van der Waals surface area contributed by atoms with E-state index in [0.717, 1.165) is 37.9 Å². The predicted octanol–water partition coefficient (Wildman–Crippen LogP) is 2.35. The van der Waals surface area contributed by atoms with Gasteiger partial charge < -0.3 is 20.3 Å². The van der Waals surface area contributed by atoms with Crippen molar-refractivity contribution in [1.29, 1.82) is 0 Å². The second kappa shape index (κ2) is 9.24. The highest BCUT2D eigenvalue weighted by atomic mass is 35.5. The average molecular weight is 382 g/mol. The van der Waals surface area contributed by atoms with E-state index >= 15 is 0 Å². The minimum atomic E-state index is -0.389. The number of carbonyl (C=O) groups is 2. The number of ether oxygens (including phenoxy) is 1. The second-order valence-electron chi connectivity index (χ2n) is 6.93. The Morgan fingerprint density at radius 3 is 2.77 bits per heavy atom. The Bertz CT molecular complexity index is 647. The number of piperidine rings is 1. The van der Waals surface area contributed by atoms with Crippen LogP contribution in [0.15, 0.2) is 18.2 Å². The number of likely N-dealkylation sites (tertiary alicyclic amines) is 1. The standard InChI is InChI=1S/C19H27N3O3.ClH/c1-13-7-8-17(25-2)15(11-13)21-18(23)16-6-4-10-22(16)19(24)14-5-3-9-20-12-14;/h7-8,11,14,16,20H,3-6,9-10,12H2,1-2H3,(H,21,23);1H. The summed E-state index contributed by atoms with van der Waals surface area (Å²) < 4.78 is 5.33. The molecule has 1 aromatic carbocycles. The Hall–Kier alpha value is -1.79. The van der Waals surface area contributed by atoms with Crippen LogP contribution in [0.1, 0.15) is 31.2 Å². The van der Waals surface area contributed by atoms with E-state index in [1.54, 1.807) is 12.0 Å². The van der Waals surface area contributed by atoms with Gasteiger partial charge in [-0.05, 0) is 56.8 Å². The molecule has 7 heteroatoms. The zero-order valence-electron chi connectivity index (χ0n) is 15.4. The molecule has 2 heterocycles. The fourth-order valence-corrected chi connectivity index (χ4v) is 3.74. The number of hydrogen-bond acceptors (Lipinski definition) is 4. The summed E-state index contributed by atoms with van der Waals surface area (Å²) in [6, 6.07) is 5.29. The predicted molar refractivity (Wildman–Crippen MR) is 104 cm³/mol. The van der Waals surface area contributed by atoms with Crippen LogP contribution in [0.4, 0.5) is 5.69 Å². The number of nitrogens with one attached hydrogen (secondary N) is 2. The van der Waals surface area contributed by atoms with Crippen LogP contribution in [0.2, 0.25) is 0 Å². The number of rotatable bonds is 4. The Labute approximate surface area is 161 Å². The molecule has 2 saturated heterocycles. The van der Waals surface area contributed by atoms with Crippen molar-refractivity contribution in [3.63, 3.8) is 0 Å². The lowest BCUT2D eigenvalue weighted by Gasteiger charge is -2.30. The lowest BCUT2D eigenvalue weighted by Crippen LogP contribution is -2.48. The minimum absolute atomic E-state index is 0. The second-order valence-corrected chi connectivity index (χ2v) is 6.93. The van der Waals surface area contributed by atoms with Crippen LogP contribution in [-0.2, 0) is 9.59 Å². The Kier molecular flexibility index (Phi) is 7.29. The summed E-state index contributed by atoms with van der Waals surface area (Å²) in [5.41, 5.74) is 1.70. The molecule has 2 atom stereocenters. The molecule has 2 unspecified atom stereocenters. The van der Waals surface area contributed by atoms with Crippen molar-refractivity contribution < 1.29 is 14.3 Å². The fraction of sp³-hybridized carbons (Fsp3) is 0.579. The first-order chi connectivity index (χ1) is 12.1. The Balaban J connectivity index is 0.00000243. The molecular formula is C19H28ClN3O3. The van der Waals surface area contributed by atoms with Crippen LogP contribution >= 0.6 is 12.4 Å². The number of halogens is 1. The molecule has 0 aromatic heterocycles. The summed E-state index contributed by atoms with van der Waals surface area (Å²) in [7, 11) is 1.59. The van der Waals surface area contributed by atoms with Crippen LogP contribution in [0.25, 0.3) is 0 Å². The molecule has 26 heavy (non-hydrogen) atoms. The van der Waals surface area contributed by atoms with Gasteiger partial charge in [0, 0.05) is 13.1 Å². The van der Waals surface area contributed by atoms with E-state index in [1.165, 1.54) is 0 Å². The number of benzene rings is 1. The summed E-state index contributed by atoms with van der Waals surface area (Å²) in [6.45, 7) is 4.32. The summed E-state index contributed by atoms with van der Waals surface area (Å²) in [5.74, 6) is 0.613. The van der Waals surface area contributed by atoms with Crippen molar-refractivity contribution in [2.75, 3.05) is 32.1 Å². The molecular weight excluding hydrogens is 354 g/mol. The molecule has 2 amide bonds. The monoisotopic (exact) mass is 381 g/mol. The van der Waals surface area contributed by atoms with Crippen molar-refractivity contribution in [3.05, 3.63) is 23.8 Å². The van der Waals surface area contributed by atoms with E-state index in [2.05, 4.69) is 10.6 Å². The highest BCUT2D eigenvalue weighted by Gasteiger charge is 2.37. The molecule has 144 valence electrons. The first kappa shape index (κ1) is 20.5. The summed E-state index contributed by atoms with van der Waals surface area (Å²) in [5, 5.41) is 6.24. The van der Waals surface area contributed by atoms with Gasteiger partial charge >= 0.3 is 0 Å². The molecule has 6 nitrogen and oxygen atoms in total. The maximum Gasteiger partial charge on any atom is 0.247 e. The lowest BCUT2D eigenvalue weighted by molar-refractivity contribution is -0.140. The molecule has 0 saturated carbocycles. The molecule has 0 spiro atoms. The third-order valence-corrected chi connectivity index (χ3v) is 5.10. The first-order valence-corrected chi connectivity index (χ1v) is 9.07. The summed E-state index contributed by atoms with van der Waals surface area (Å²) >= 11 is 0. The zero-order valence-corrected chi connectivity index (χ0v) is 16.2. The zero-order chi connectivity index (χ0) is 17.8. The van der Waals surface area contributed by atoms with Crippen molar-refractivity contribution in [2.45, 2.75) is 38.6 Å².